The molecule has 0 unspecified atom stereocenters. The number of hydrogen-bond donors (Lipinski definition) is 1. The Labute approximate surface area is 214 Å². The predicted molar refractivity (Wildman–Crippen MR) is 142 cm³/mol. The Morgan fingerprint density at radius 1 is 1.06 bits per heavy atom. The lowest BCUT2D eigenvalue weighted by atomic mass is 10.0. The maximum atomic E-state index is 13.0. The van der Waals surface area contributed by atoms with E-state index in [2.05, 4.69) is 23.7 Å². The number of hydrogen-bond acceptors (Lipinski definition) is 4. The van der Waals surface area contributed by atoms with Crippen LogP contribution >= 0.6 is 23.4 Å². The van der Waals surface area contributed by atoms with Crippen molar-refractivity contribution in [3.8, 4) is 5.69 Å². The number of amides is 3. The van der Waals surface area contributed by atoms with Gasteiger partial charge in [-0.3, -0.25) is 19.3 Å². The summed E-state index contributed by atoms with van der Waals surface area (Å²) in [4.78, 5) is 39.3. The van der Waals surface area contributed by atoms with Crippen LogP contribution in [0, 0.1) is 13.8 Å². The van der Waals surface area contributed by atoms with Crippen molar-refractivity contribution in [1.29, 1.82) is 0 Å². The van der Waals surface area contributed by atoms with E-state index < -0.39 is 17.1 Å². The smallest absolute Gasteiger partial charge is 0.294 e. The van der Waals surface area contributed by atoms with Crippen molar-refractivity contribution < 1.29 is 14.4 Å². The predicted octanol–water partition coefficient (Wildman–Crippen LogP) is 6.55. The van der Waals surface area contributed by atoms with Gasteiger partial charge in [0.25, 0.3) is 11.1 Å². The van der Waals surface area contributed by atoms with E-state index in [1.165, 1.54) is 0 Å². The summed E-state index contributed by atoms with van der Waals surface area (Å²) in [6, 6.07) is 17.0. The normalized spacial score (nSPS) is 14.9. The van der Waals surface area contributed by atoms with Crippen molar-refractivity contribution in [3.05, 3.63) is 87.0 Å². The highest BCUT2D eigenvalue weighted by Gasteiger charge is 2.36. The van der Waals surface area contributed by atoms with Gasteiger partial charge in [-0.1, -0.05) is 37.6 Å². The van der Waals surface area contributed by atoms with Gasteiger partial charge in [0.1, 0.15) is 6.54 Å². The van der Waals surface area contributed by atoms with E-state index in [-0.39, 0.29) is 6.54 Å². The largest absolute Gasteiger partial charge is 0.325 e. The van der Waals surface area contributed by atoms with Crippen LogP contribution in [0.2, 0.25) is 5.02 Å². The summed E-state index contributed by atoms with van der Waals surface area (Å²) in [7, 11) is 0. The average molecular weight is 508 g/mol. The highest BCUT2D eigenvalue weighted by atomic mass is 35.5. The second-order valence-electron chi connectivity index (χ2n) is 8.73. The van der Waals surface area contributed by atoms with Crippen molar-refractivity contribution in [3.63, 3.8) is 0 Å². The molecule has 0 saturated carbocycles. The van der Waals surface area contributed by atoms with E-state index in [0.717, 1.165) is 44.9 Å². The van der Waals surface area contributed by atoms with Crippen LogP contribution in [0.25, 0.3) is 11.8 Å². The van der Waals surface area contributed by atoms with Crippen LogP contribution in [0.3, 0.4) is 0 Å². The molecule has 1 saturated heterocycles. The Balaban J connectivity index is 1.48. The summed E-state index contributed by atoms with van der Waals surface area (Å²) in [6.07, 6.45) is 1.71. The van der Waals surface area contributed by atoms with Crippen LogP contribution in [0.15, 0.2) is 59.5 Å². The topological polar surface area (TPSA) is 71.4 Å². The monoisotopic (exact) mass is 507 g/mol. The molecule has 0 spiro atoms. The number of imide groups is 1. The fraction of sp³-hybridized carbons (Fsp3) is 0.222. The van der Waals surface area contributed by atoms with E-state index in [1.54, 1.807) is 6.08 Å². The molecule has 0 atom stereocenters. The van der Waals surface area contributed by atoms with Gasteiger partial charge < -0.3 is 9.88 Å². The second-order valence-corrected chi connectivity index (χ2v) is 10.2. The lowest BCUT2D eigenvalue weighted by Gasteiger charge is -2.13. The fourth-order valence-corrected chi connectivity index (χ4v) is 4.95. The number of aromatic nitrogens is 1. The lowest BCUT2D eigenvalue weighted by molar-refractivity contribution is -0.127. The third-order valence-corrected chi connectivity index (χ3v) is 7.04. The quantitative estimate of drug-likeness (QED) is 0.384. The third-order valence-electron chi connectivity index (χ3n) is 5.88. The molecule has 1 N–H and O–H groups in total. The minimum absolute atomic E-state index is 0.292. The summed E-state index contributed by atoms with van der Waals surface area (Å²) in [5.41, 5.74) is 5.48. The molecule has 3 aromatic rings. The third kappa shape index (κ3) is 5.36. The van der Waals surface area contributed by atoms with Gasteiger partial charge in [0.05, 0.1) is 4.91 Å². The van der Waals surface area contributed by atoms with Crippen LogP contribution in [-0.2, 0) is 9.59 Å². The number of nitrogens with one attached hydrogen (secondary N) is 1. The molecule has 180 valence electrons. The number of anilines is 1. The number of carbonyl (C=O) groups is 3. The Kier molecular flexibility index (Phi) is 7.19. The zero-order valence-electron chi connectivity index (χ0n) is 20.0. The number of rotatable bonds is 6. The summed E-state index contributed by atoms with van der Waals surface area (Å²) in [6.45, 7) is 7.78. The molecule has 1 aliphatic heterocycles. The van der Waals surface area contributed by atoms with Crippen LogP contribution in [-0.4, -0.2) is 33.1 Å². The standard InChI is InChI=1S/C27H26ClN3O3S/c1-16(2)19-5-9-22(10-6-19)29-25(32)15-30-26(33)24(35-27(30)34)14-20-13-17(3)31(18(20)4)23-11-7-21(28)8-12-23/h5-14,16H,15H2,1-4H3,(H,29,32)/b24-14+. The van der Waals surface area contributed by atoms with Gasteiger partial charge in [0.15, 0.2) is 0 Å². The molecule has 0 aliphatic carbocycles. The van der Waals surface area contributed by atoms with Crippen molar-refractivity contribution in [2.45, 2.75) is 33.6 Å². The molecule has 4 rings (SSSR count). The first-order chi connectivity index (χ1) is 16.6. The SMILES string of the molecule is Cc1cc(/C=C2/SC(=O)N(CC(=O)Nc3ccc(C(C)C)cc3)C2=O)c(C)n1-c1ccc(Cl)cc1. The molecule has 1 aromatic heterocycles. The highest BCUT2D eigenvalue weighted by molar-refractivity contribution is 8.18. The van der Waals surface area contributed by atoms with Crippen LogP contribution < -0.4 is 5.32 Å². The molecule has 35 heavy (non-hydrogen) atoms. The highest BCUT2D eigenvalue weighted by Crippen LogP contribution is 2.34. The molecular formula is C27H26ClN3O3S. The van der Waals surface area contributed by atoms with Gasteiger partial charge in [0.2, 0.25) is 5.91 Å². The van der Waals surface area contributed by atoms with Gasteiger partial charge >= 0.3 is 0 Å². The number of benzene rings is 2. The lowest BCUT2D eigenvalue weighted by Crippen LogP contribution is -2.36. The Morgan fingerprint density at radius 3 is 2.34 bits per heavy atom. The zero-order valence-corrected chi connectivity index (χ0v) is 21.5. The first kappa shape index (κ1) is 24.8. The maximum absolute atomic E-state index is 13.0. The second kappa shape index (κ2) is 10.1. The maximum Gasteiger partial charge on any atom is 0.294 e. The first-order valence-electron chi connectivity index (χ1n) is 11.2. The molecule has 1 aliphatic rings. The van der Waals surface area contributed by atoms with Crippen molar-refractivity contribution >= 4 is 52.2 Å². The van der Waals surface area contributed by atoms with E-state index in [0.29, 0.717) is 21.5 Å². The number of aryl methyl sites for hydroxylation is 1. The van der Waals surface area contributed by atoms with Gasteiger partial charge in [-0.2, -0.15) is 0 Å². The van der Waals surface area contributed by atoms with Gasteiger partial charge in [-0.15, -0.1) is 0 Å². The number of nitrogens with zero attached hydrogens (tertiary/aromatic N) is 2. The minimum atomic E-state index is -0.471. The number of carbonyl (C=O) groups excluding carboxylic acids is 3. The molecule has 2 aromatic carbocycles. The van der Waals surface area contributed by atoms with E-state index in [9.17, 15) is 14.4 Å². The average Bonchev–Trinajstić information content (AvgIpc) is 3.24. The summed E-state index contributed by atoms with van der Waals surface area (Å²) >= 11 is 6.86. The fourth-order valence-electron chi connectivity index (χ4n) is 3.99. The summed E-state index contributed by atoms with van der Waals surface area (Å²) in [5, 5.41) is 2.95. The van der Waals surface area contributed by atoms with Crippen LogP contribution in [0.4, 0.5) is 10.5 Å². The molecule has 0 bridgehead atoms. The molecule has 2 heterocycles. The van der Waals surface area contributed by atoms with Crippen LogP contribution in [0.5, 0.6) is 0 Å². The molecule has 6 nitrogen and oxygen atoms in total. The van der Waals surface area contributed by atoms with E-state index in [4.69, 9.17) is 11.6 Å². The van der Waals surface area contributed by atoms with Crippen molar-refractivity contribution in [1.82, 2.24) is 9.47 Å². The Morgan fingerprint density at radius 2 is 1.71 bits per heavy atom. The molecule has 0 radical (unpaired) electrons. The molecule has 1 fully saturated rings. The van der Waals surface area contributed by atoms with Crippen LogP contribution in [0.1, 0.15) is 42.3 Å². The number of thioether (sulfide) groups is 1. The first-order valence-corrected chi connectivity index (χ1v) is 12.4. The molecular weight excluding hydrogens is 482 g/mol. The van der Waals surface area contributed by atoms with E-state index in [1.807, 2.05) is 68.4 Å². The van der Waals surface area contributed by atoms with Crippen molar-refractivity contribution in [2.24, 2.45) is 0 Å². The number of halogens is 1. The Hall–Kier alpha value is -3.29. The molecule has 3 amide bonds. The van der Waals surface area contributed by atoms with Gasteiger partial charge in [-0.25, -0.2) is 0 Å². The zero-order chi connectivity index (χ0) is 25.3. The van der Waals surface area contributed by atoms with Crippen molar-refractivity contribution in [2.75, 3.05) is 11.9 Å². The van der Waals surface area contributed by atoms with E-state index >= 15 is 0 Å². The molecule has 8 heteroatoms. The van der Waals surface area contributed by atoms with Gasteiger partial charge in [0, 0.05) is 27.8 Å². The summed E-state index contributed by atoms with van der Waals surface area (Å²) in [5.74, 6) is -0.509. The Bertz CT molecular complexity index is 1320. The summed E-state index contributed by atoms with van der Waals surface area (Å²) < 4.78 is 2.06. The minimum Gasteiger partial charge on any atom is -0.325 e. The van der Waals surface area contributed by atoms with Gasteiger partial charge in [-0.05, 0) is 91.2 Å².